The van der Waals surface area contributed by atoms with E-state index in [1.165, 1.54) is 0 Å². The van der Waals surface area contributed by atoms with E-state index < -0.39 is 0 Å². The predicted octanol–water partition coefficient (Wildman–Crippen LogP) is 1.74. The fourth-order valence-electron chi connectivity index (χ4n) is 1.78. The van der Waals surface area contributed by atoms with E-state index in [1.807, 2.05) is 24.7 Å². The Hall–Kier alpha value is -2.04. The summed E-state index contributed by atoms with van der Waals surface area (Å²) >= 11 is 0. The average Bonchev–Trinajstić information content (AvgIpc) is 2.80. The number of ketones is 1. The fourth-order valence-corrected chi connectivity index (χ4v) is 1.78. The van der Waals surface area contributed by atoms with Crippen LogP contribution in [0.3, 0.4) is 0 Å². The van der Waals surface area contributed by atoms with Gasteiger partial charge in [0.05, 0.1) is 17.6 Å². The van der Waals surface area contributed by atoms with Gasteiger partial charge in [-0.2, -0.15) is 15.3 Å². The molecule has 18 heavy (non-hydrogen) atoms. The minimum Gasteiger partial charge on any atom is -0.294 e. The summed E-state index contributed by atoms with van der Waals surface area (Å²) in [7, 11) is 0. The smallest absolute Gasteiger partial charge is 0.169 e. The van der Waals surface area contributed by atoms with Crippen molar-refractivity contribution < 1.29 is 4.79 Å². The monoisotopic (exact) mass is 244 g/mol. The summed E-state index contributed by atoms with van der Waals surface area (Å²) in [6.07, 6.45) is 3.99. The maximum absolute atomic E-state index is 12.2. The van der Waals surface area contributed by atoms with E-state index in [9.17, 15) is 4.79 Å². The lowest BCUT2D eigenvalue weighted by atomic mass is 10.0. The highest BCUT2D eigenvalue weighted by atomic mass is 16.1. The van der Waals surface area contributed by atoms with Gasteiger partial charge >= 0.3 is 0 Å². The second-order valence-corrected chi connectivity index (χ2v) is 4.29. The van der Waals surface area contributed by atoms with Gasteiger partial charge in [0, 0.05) is 24.7 Å². The molecule has 5 nitrogen and oxygen atoms in total. The summed E-state index contributed by atoms with van der Waals surface area (Å²) in [5, 5.41) is 12.1. The Morgan fingerprint density at radius 3 is 2.78 bits per heavy atom. The predicted molar refractivity (Wildman–Crippen MR) is 67.4 cm³/mol. The molecule has 0 bridgehead atoms. The van der Waals surface area contributed by atoms with Crippen molar-refractivity contribution in [3.05, 3.63) is 41.0 Å². The second-order valence-electron chi connectivity index (χ2n) is 4.29. The van der Waals surface area contributed by atoms with Crippen LogP contribution in [-0.4, -0.2) is 25.8 Å². The lowest BCUT2D eigenvalue weighted by molar-refractivity contribution is 0.0991. The van der Waals surface area contributed by atoms with Crippen molar-refractivity contribution in [3.63, 3.8) is 0 Å². The number of hydrogen-bond acceptors (Lipinski definition) is 4. The molecule has 0 unspecified atom stereocenters. The Morgan fingerprint density at radius 1 is 1.33 bits per heavy atom. The molecular formula is C13H16N4O. The van der Waals surface area contributed by atoms with E-state index in [4.69, 9.17) is 0 Å². The normalized spacial score (nSPS) is 10.6. The van der Waals surface area contributed by atoms with Crippen LogP contribution in [0.25, 0.3) is 0 Å². The molecule has 0 saturated heterocycles. The van der Waals surface area contributed by atoms with Crippen molar-refractivity contribution in [3.8, 4) is 0 Å². The van der Waals surface area contributed by atoms with Crippen LogP contribution in [0.4, 0.5) is 0 Å². The molecule has 2 rings (SSSR count). The lowest BCUT2D eigenvalue weighted by Crippen LogP contribution is -2.08. The topological polar surface area (TPSA) is 60.7 Å². The molecule has 0 aliphatic carbocycles. The summed E-state index contributed by atoms with van der Waals surface area (Å²) in [5.41, 5.74) is 3.00. The first-order chi connectivity index (χ1) is 8.60. The number of nitrogens with zero attached hydrogens (tertiary/aromatic N) is 4. The molecule has 0 fully saturated rings. The van der Waals surface area contributed by atoms with E-state index >= 15 is 0 Å². The van der Waals surface area contributed by atoms with Crippen LogP contribution in [0.15, 0.2) is 18.5 Å². The zero-order valence-electron chi connectivity index (χ0n) is 10.8. The molecule has 0 aliphatic rings. The third-order valence-electron chi connectivity index (χ3n) is 2.78. The zero-order chi connectivity index (χ0) is 13.1. The van der Waals surface area contributed by atoms with Crippen LogP contribution in [0, 0.1) is 13.8 Å². The third kappa shape index (κ3) is 2.61. The maximum atomic E-state index is 12.2. The molecule has 5 heteroatoms. The van der Waals surface area contributed by atoms with Crippen LogP contribution >= 0.6 is 0 Å². The van der Waals surface area contributed by atoms with Crippen LogP contribution in [0.2, 0.25) is 0 Å². The number of aromatic nitrogens is 4. The Balaban J connectivity index is 2.19. The van der Waals surface area contributed by atoms with Crippen molar-refractivity contribution in [1.29, 1.82) is 0 Å². The van der Waals surface area contributed by atoms with E-state index in [1.54, 1.807) is 19.2 Å². The molecule has 0 aromatic carbocycles. The van der Waals surface area contributed by atoms with Crippen molar-refractivity contribution >= 4 is 5.78 Å². The van der Waals surface area contributed by atoms with E-state index in [0.717, 1.165) is 17.8 Å². The summed E-state index contributed by atoms with van der Waals surface area (Å²) in [5.74, 6) is 0.0566. The molecule has 0 radical (unpaired) electrons. The number of rotatable bonds is 4. The Morgan fingerprint density at radius 2 is 2.11 bits per heavy atom. The molecule has 0 aliphatic heterocycles. The standard InChI is InChI=1S/C13H16N4O/c1-4-17-8-11(7-14-17)6-13(18)12-5-9(2)15-16-10(12)3/h5,7-8H,4,6H2,1-3H3. The SMILES string of the molecule is CCn1cc(CC(=O)c2cc(C)nnc2C)cn1. The second kappa shape index (κ2) is 5.08. The Labute approximate surface area is 106 Å². The largest absolute Gasteiger partial charge is 0.294 e. The number of carbonyl (C=O) groups is 1. The summed E-state index contributed by atoms with van der Waals surface area (Å²) in [4.78, 5) is 12.2. The van der Waals surface area contributed by atoms with E-state index in [2.05, 4.69) is 15.3 Å². The van der Waals surface area contributed by atoms with Crippen molar-refractivity contribution in [1.82, 2.24) is 20.0 Å². The molecule has 2 aromatic rings. The third-order valence-corrected chi connectivity index (χ3v) is 2.78. The van der Waals surface area contributed by atoms with Crippen molar-refractivity contribution in [2.24, 2.45) is 0 Å². The van der Waals surface area contributed by atoms with Crippen molar-refractivity contribution in [2.45, 2.75) is 33.7 Å². The number of hydrogen-bond donors (Lipinski definition) is 0. The van der Waals surface area contributed by atoms with E-state index in [-0.39, 0.29) is 5.78 Å². The van der Waals surface area contributed by atoms with Gasteiger partial charge in [-0.1, -0.05) is 0 Å². The highest BCUT2D eigenvalue weighted by Gasteiger charge is 2.12. The first-order valence-corrected chi connectivity index (χ1v) is 5.95. The molecule has 0 atom stereocenters. The molecule has 94 valence electrons. The molecule has 0 saturated carbocycles. The zero-order valence-corrected chi connectivity index (χ0v) is 10.8. The molecular weight excluding hydrogens is 228 g/mol. The highest BCUT2D eigenvalue weighted by molar-refractivity contribution is 5.98. The number of aryl methyl sites for hydroxylation is 3. The van der Waals surface area contributed by atoms with Crippen LogP contribution in [0.1, 0.15) is 34.2 Å². The summed E-state index contributed by atoms with van der Waals surface area (Å²) < 4.78 is 1.81. The molecule has 0 amide bonds. The van der Waals surface area contributed by atoms with Crippen LogP contribution in [0.5, 0.6) is 0 Å². The Kier molecular flexibility index (Phi) is 3.50. The fraction of sp³-hybridized carbons (Fsp3) is 0.385. The molecule has 2 heterocycles. The van der Waals surface area contributed by atoms with Crippen LogP contribution < -0.4 is 0 Å². The molecule has 2 aromatic heterocycles. The van der Waals surface area contributed by atoms with Gasteiger partial charge in [-0.05, 0) is 32.4 Å². The van der Waals surface area contributed by atoms with Gasteiger partial charge in [0.2, 0.25) is 0 Å². The first kappa shape index (κ1) is 12.4. The quantitative estimate of drug-likeness (QED) is 0.768. The van der Waals surface area contributed by atoms with E-state index in [0.29, 0.717) is 17.7 Å². The van der Waals surface area contributed by atoms with Gasteiger partial charge in [-0.25, -0.2) is 0 Å². The Bertz CT molecular complexity index is 574. The van der Waals surface area contributed by atoms with Gasteiger partial charge in [0.15, 0.2) is 5.78 Å². The molecule has 0 spiro atoms. The maximum Gasteiger partial charge on any atom is 0.169 e. The number of Topliss-reactive ketones (excluding diaryl/α,β-unsaturated/α-hetero) is 1. The van der Waals surface area contributed by atoms with Crippen molar-refractivity contribution in [2.75, 3.05) is 0 Å². The van der Waals surface area contributed by atoms with Gasteiger partial charge in [0.1, 0.15) is 0 Å². The first-order valence-electron chi connectivity index (χ1n) is 5.95. The lowest BCUT2D eigenvalue weighted by Gasteiger charge is -2.03. The summed E-state index contributed by atoms with van der Waals surface area (Å²) in [6, 6.07) is 1.79. The minimum atomic E-state index is 0.0566. The minimum absolute atomic E-state index is 0.0566. The van der Waals surface area contributed by atoms with Gasteiger partial charge < -0.3 is 0 Å². The highest BCUT2D eigenvalue weighted by Crippen LogP contribution is 2.10. The number of carbonyl (C=O) groups excluding carboxylic acids is 1. The van der Waals surface area contributed by atoms with Gasteiger partial charge in [-0.15, -0.1) is 0 Å². The average molecular weight is 244 g/mol. The summed E-state index contributed by atoms with van der Waals surface area (Å²) in [6.45, 7) is 6.45. The van der Waals surface area contributed by atoms with Gasteiger partial charge in [-0.3, -0.25) is 9.48 Å². The van der Waals surface area contributed by atoms with Gasteiger partial charge in [0.25, 0.3) is 0 Å². The van der Waals surface area contributed by atoms with Crippen LogP contribution in [-0.2, 0) is 13.0 Å². The molecule has 0 N–H and O–H groups in total.